The molecule has 8 heteroatoms. The van der Waals surface area contributed by atoms with Gasteiger partial charge in [-0.2, -0.15) is 0 Å². The molecule has 1 saturated carbocycles. The van der Waals surface area contributed by atoms with E-state index in [1.807, 2.05) is 36.4 Å². The van der Waals surface area contributed by atoms with Gasteiger partial charge >= 0.3 is 6.03 Å². The van der Waals surface area contributed by atoms with Crippen molar-refractivity contribution in [3.8, 4) is 0 Å². The number of hydrogen-bond donors (Lipinski definition) is 2. The molecule has 2 amide bonds. The first-order valence-corrected chi connectivity index (χ1v) is 12.2. The van der Waals surface area contributed by atoms with Crippen LogP contribution in [0.1, 0.15) is 25.7 Å². The molecule has 150 valence electrons. The maximum atomic E-state index is 12.3. The Balaban J connectivity index is 1.57. The number of rotatable bonds is 5. The molecule has 0 bridgehead atoms. The zero-order valence-electron chi connectivity index (χ0n) is 15.5. The molecule has 2 aromatic carbocycles. The second-order valence-corrected chi connectivity index (χ2v) is 10.8. The highest BCUT2D eigenvalue weighted by atomic mass is 35.5. The number of urea groups is 1. The Morgan fingerprint density at radius 2 is 1.89 bits per heavy atom. The lowest BCUT2D eigenvalue weighted by Crippen LogP contribution is -2.43. The number of carbonyl (C=O) groups is 1. The average molecular weight is 439 g/mol. The van der Waals surface area contributed by atoms with Gasteiger partial charge in [-0.05, 0) is 49.6 Å². The molecule has 2 unspecified atom stereocenters. The molecule has 28 heavy (non-hydrogen) atoms. The fourth-order valence-corrected chi connectivity index (χ4v) is 5.61. The van der Waals surface area contributed by atoms with E-state index in [-0.39, 0.29) is 17.3 Å². The lowest BCUT2D eigenvalue weighted by atomic mass is 9.95. The van der Waals surface area contributed by atoms with Gasteiger partial charge < -0.3 is 10.6 Å². The lowest BCUT2D eigenvalue weighted by Gasteiger charge is -2.28. The molecule has 0 radical (unpaired) electrons. The van der Waals surface area contributed by atoms with Crippen LogP contribution in [0.5, 0.6) is 0 Å². The first kappa shape index (κ1) is 21.0. The van der Waals surface area contributed by atoms with Gasteiger partial charge in [-0.15, -0.1) is 0 Å². The maximum Gasteiger partial charge on any atom is 0.319 e. The largest absolute Gasteiger partial charge is 0.335 e. The van der Waals surface area contributed by atoms with Crippen LogP contribution < -0.4 is 10.6 Å². The highest BCUT2D eigenvalue weighted by Crippen LogP contribution is 2.34. The average Bonchev–Trinajstić information content (AvgIpc) is 2.64. The Morgan fingerprint density at radius 3 is 2.57 bits per heavy atom. The standard InChI is InChI=1S/C20H23ClN2O3S2/c1-28(25,26)17-9-5-6-14(12-17)22-20(24)23-15-10-11-19(18(21)13-15)27-16-7-3-2-4-8-16/h2-4,7-8,10-11,13-14,17H,5-6,9,12H2,1H3,(H2,22,23,24). The summed E-state index contributed by atoms with van der Waals surface area (Å²) in [6.07, 6.45) is 3.96. The van der Waals surface area contributed by atoms with Crippen LogP contribution >= 0.6 is 23.4 Å². The van der Waals surface area contributed by atoms with E-state index in [4.69, 9.17) is 11.6 Å². The van der Waals surface area contributed by atoms with Crippen LogP contribution in [0.15, 0.2) is 58.3 Å². The molecule has 2 aromatic rings. The van der Waals surface area contributed by atoms with Crippen LogP contribution in [0.2, 0.25) is 5.02 Å². The van der Waals surface area contributed by atoms with Crippen LogP contribution in [0.25, 0.3) is 0 Å². The van der Waals surface area contributed by atoms with E-state index in [0.717, 1.165) is 22.6 Å². The summed E-state index contributed by atoms with van der Waals surface area (Å²) in [6, 6.07) is 14.8. The highest BCUT2D eigenvalue weighted by Gasteiger charge is 2.29. The number of halogens is 1. The zero-order valence-corrected chi connectivity index (χ0v) is 17.9. The fraction of sp³-hybridized carbons (Fsp3) is 0.350. The summed E-state index contributed by atoms with van der Waals surface area (Å²) in [6.45, 7) is 0. The molecular weight excluding hydrogens is 416 g/mol. The van der Waals surface area contributed by atoms with Crippen molar-refractivity contribution in [1.82, 2.24) is 5.32 Å². The molecule has 5 nitrogen and oxygen atoms in total. The van der Waals surface area contributed by atoms with Gasteiger partial charge in [0.2, 0.25) is 0 Å². The first-order valence-electron chi connectivity index (χ1n) is 9.10. The quantitative estimate of drug-likeness (QED) is 0.691. The molecule has 3 rings (SSSR count). The van der Waals surface area contributed by atoms with Crippen molar-refractivity contribution < 1.29 is 13.2 Å². The number of nitrogens with one attached hydrogen (secondary N) is 2. The molecule has 0 heterocycles. The second-order valence-electron chi connectivity index (χ2n) is 6.97. The fourth-order valence-electron chi connectivity index (χ4n) is 3.29. The van der Waals surface area contributed by atoms with Gasteiger partial charge in [-0.3, -0.25) is 0 Å². The van der Waals surface area contributed by atoms with Crippen LogP contribution in [0, 0.1) is 0 Å². The lowest BCUT2D eigenvalue weighted by molar-refractivity contribution is 0.244. The van der Waals surface area contributed by atoms with E-state index in [0.29, 0.717) is 23.6 Å². The van der Waals surface area contributed by atoms with Gasteiger partial charge in [-0.25, -0.2) is 13.2 Å². The Labute approximate surface area is 175 Å². The van der Waals surface area contributed by atoms with E-state index < -0.39 is 9.84 Å². The minimum atomic E-state index is -3.08. The van der Waals surface area contributed by atoms with E-state index in [1.165, 1.54) is 6.26 Å². The minimum Gasteiger partial charge on any atom is -0.335 e. The van der Waals surface area contributed by atoms with Crippen molar-refractivity contribution in [1.29, 1.82) is 0 Å². The van der Waals surface area contributed by atoms with Crippen LogP contribution in [-0.4, -0.2) is 32.0 Å². The van der Waals surface area contributed by atoms with E-state index >= 15 is 0 Å². The molecule has 2 atom stereocenters. The predicted octanol–water partition coefficient (Wildman–Crippen LogP) is 4.97. The SMILES string of the molecule is CS(=O)(=O)C1CCCC(NC(=O)Nc2ccc(Sc3ccccc3)c(Cl)c2)C1. The Morgan fingerprint density at radius 1 is 1.14 bits per heavy atom. The number of anilines is 1. The number of amides is 2. The van der Waals surface area contributed by atoms with Crippen molar-refractivity contribution >= 4 is 44.9 Å². The summed E-state index contributed by atoms with van der Waals surface area (Å²) in [5.41, 5.74) is 0.593. The summed E-state index contributed by atoms with van der Waals surface area (Å²) in [5.74, 6) is 0. The molecule has 0 saturated heterocycles. The highest BCUT2D eigenvalue weighted by molar-refractivity contribution is 7.99. The van der Waals surface area contributed by atoms with Crippen LogP contribution in [0.4, 0.5) is 10.5 Å². The molecule has 2 N–H and O–H groups in total. The molecule has 0 aliphatic heterocycles. The maximum absolute atomic E-state index is 12.3. The van der Waals surface area contributed by atoms with Crippen molar-refractivity contribution in [2.45, 2.75) is 46.8 Å². The monoisotopic (exact) mass is 438 g/mol. The van der Waals surface area contributed by atoms with E-state index in [1.54, 1.807) is 23.9 Å². The Hall–Kier alpha value is -1.70. The zero-order chi connectivity index (χ0) is 20.1. The van der Waals surface area contributed by atoms with Gasteiger partial charge in [0.25, 0.3) is 0 Å². The van der Waals surface area contributed by atoms with Crippen molar-refractivity contribution in [2.24, 2.45) is 0 Å². The number of hydrogen-bond acceptors (Lipinski definition) is 4. The van der Waals surface area contributed by atoms with Gasteiger partial charge in [0.15, 0.2) is 0 Å². The Bertz CT molecular complexity index is 936. The van der Waals surface area contributed by atoms with E-state index in [9.17, 15) is 13.2 Å². The Kier molecular flexibility index (Phi) is 6.91. The third-order valence-electron chi connectivity index (χ3n) is 4.73. The topological polar surface area (TPSA) is 75.3 Å². The minimum absolute atomic E-state index is 0.142. The molecule has 0 aromatic heterocycles. The first-order chi connectivity index (χ1) is 13.3. The summed E-state index contributed by atoms with van der Waals surface area (Å²) in [5, 5.41) is 5.84. The van der Waals surface area contributed by atoms with Gasteiger partial charge in [0, 0.05) is 27.8 Å². The van der Waals surface area contributed by atoms with Gasteiger partial charge in [0.1, 0.15) is 9.84 Å². The van der Waals surface area contributed by atoms with Crippen LogP contribution in [0.3, 0.4) is 0 Å². The number of benzene rings is 2. The summed E-state index contributed by atoms with van der Waals surface area (Å²) in [7, 11) is -3.08. The summed E-state index contributed by atoms with van der Waals surface area (Å²) < 4.78 is 23.5. The molecule has 1 aliphatic rings. The normalized spacial score (nSPS) is 19.8. The van der Waals surface area contributed by atoms with E-state index in [2.05, 4.69) is 10.6 Å². The smallest absolute Gasteiger partial charge is 0.319 e. The van der Waals surface area contributed by atoms with Crippen LogP contribution in [-0.2, 0) is 9.84 Å². The summed E-state index contributed by atoms with van der Waals surface area (Å²) >= 11 is 7.92. The van der Waals surface area contributed by atoms with Gasteiger partial charge in [0.05, 0.1) is 10.3 Å². The molecule has 0 spiro atoms. The molecule has 1 aliphatic carbocycles. The van der Waals surface area contributed by atoms with Gasteiger partial charge in [-0.1, -0.05) is 48.0 Å². The predicted molar refractivity (Wildman–Crippen MR) is 115 cm³/mol. The third kappa shape index (κ3) is 5.90. The van der Waals surface area contributed by atoms with Crippen molar-refractivity contribution in [3.05, 3.63) is 53.6 Å². The summed E-state index contributed by atoms with van der Waals surface area (Å²) in [4.78, 5) is 14.3. The number of carbonyl (C=O) groups excluding carboxylic acids is 1. The van der Waals surface area contributed by atoms with Crippen molar-refractivity contribution in [2.75, 3.05) is 11.6 Å². The van der Waals surface area contributed by atoms with Crippen molar-refractivity contribution in [3.63, 3.8) is 0 Å². The molecular formula is C20H23ClN2O3S2. The second kappa shape index (κ2) is 9.20. The number of sulfone groups is 1. The molecule has 1 fully saturated rings. The third-order valence-corrected chi connectivity index (χ3v) is 7.88.